The van der Waals surface area contributed by atoms with Crippen LogP contribution in [0.1, 0.15) is 37.8 Å². The van der Waals surface area contributed by atoms with E-state index in [-0.39, 0.29) is 5.75 Å². The summed E-state index contributed by atoms with van der Waals surface area (Å²) in [4.78, 5) is 5.59. The monoisotopic (exact) mass is 443 g/mol. The Bertz CT molecular complexity index is 1100. The molecule has 1 unspecified atom stereocenters. The number of phenolic OH excluding ortho intramolecular Hbond substituents is 1. The van der Waals surface area contributed by atoms with Crippen molar-refractivity contribution in [3.8, 4) is 22.7 Å². The molecule has 2 aliphatic carbocycles. The molecule has 168 valence electrons. The average Bonchev–Trinajstić information content (AvgIpc) is 3.40. The number of imidazole rings is 1. The van der Waals surface area contributed by atoms with Crippen LogP contribution >= 0.6 is 0 Å². The normalized spacial score (nSPS) is 22.8. The van der Waals surface area contributed by atoms with Crippen molar-refractivity contribution >= 4 is 5.82 Å². The highest BCUT2D eigenvalue weighted by atomic mass is 19.4. The van der Waals surface area contributed by atoms with Gasteiger partial charge in [0.25, 0.3) is 0 Å². The van der Waals surface area contributed by atoms with Crippen molar-refractivity contribution in [2.45, 2.75) is 44.3 Å². The minimum Gasteiger partial charge on any atom is -0.507 e. The van der Waals surface area contributed by atoms with Crippen LogP contribution in [0.4, 0.5) is 19.0 Å². The average molecular weight is 443 g/mol. The number of aromatic nitrogens is 4. The minimum atomic E-state index is -4.52. The summed E-state index contributed by atoms with van der Waals surface area (Å²) in [6, 6.07) is 8.80. The Morgan fingerprint density at radius 3 is 2.38 bits per heavy atom. The number of rotatable bonds is 4. The summed E-state index contributed by atoms with van der Waals surface area (Å²) >= 11 is 0. The molecular weight excluding hydrogens is 419 g/mol. The van der Waals surface area contributed by atoms with Crippen LogP contribution in [-0.2, 0) is 6.18 Å². The van der Waals surface area contributed by atoms with Gasteiger partial charge in [0.15, 0.2) is 11.5 Å². The van der Waals surface area contributed by atoms with Gasteiger partial charge in [-0.3, -0.25) is 0 Å². The van der Waals surface area contributed by atoms with Crippen LogP contribution in [0.2, 0.25) is 0 Å². The lowest BCUT2D eigenvalue weighted by atomic mass is 9.85. The predicted octanol–water partition coefficient (Wildman–Crippen LogP) is 5.07. The molecule has 0 spiro atoms. The van der Waals surface area contributed by atoms with E-state index < -0.39 is 11.9 Å². The number of hydrogen-bond donors (Lipinski definition) is 1. The molecule has 0 radical (unpaired) electrons. The second-order valence-electron chi connectivity index (χ2n) is 8.92. The van der Waals surface area contributed by atoms with Crippen molar-refractivity contribution in [3.63, 3.8) is 0 Å². The molecule has 6 nitrogen and oxygen atoms in total. The Morgan fingerprint density at radius 1 is 1.03 bits per heavy atom. The molecule has 9 heteroatoms. The third-order valence-electron chi connectivity index (χ3n) is 6.85. The first-order valence-electron chi connectivity index (χ1n) is 10.8. The van der Waals surface area contributed by atoms with E-state index in [9.17, 15) is 18.3 Å². The Morgan fingerprint density at radius 2 is 1.78 bits per heavy atom. The largest absolute Gasteiger partial charge is 0.507 e. The zero-order valence-corrected chi connectivity index (χ0v) is 17.6. The number of anilines is 1. The highest BCUT2D eigenvalue weighted by Crippen LogP contribution is 2.43. The molecule has 1 N–H and O–H groups in total. The van der Waals surface area contributed by atoms with Gasteiger partial charge in [-0.1, -0.05) is 12.8 Å². The fraction of sp³-hybridized carbons (Fsp3) is 0.435. The molecule has 0 aliphatic heterocycles. The molecule has 2 bridgehead atoms. The fourth-order valence-corrected chi connectivity index (χ4v) is 5.14. The number of alkyl halides is 3. The first kappa shape index (κ1) is 20.8. The van der Waals surface area contributed by atoms with Crippen molar-refractivity contribution in [3.05, 3.63) is 48.5 Å². The van der Waals surface area contributed by atoms with E-state index >= 15 is 0 Å². The SMILES string of the molecule is CN(c1ccc(-c2ccc(-n3cnc(C(F)(F)F)c3)cc2O)nn1)C1C[C@H]2CC[C@@H](C1)C2. The van der Waals surface area contributed by atoms with Gasteiger partial charge in [-0.2, -0.15) is 13.2 Å². The molecule has 3 aromatic rings. The van der Waals surface area contributed by atoms with Gasteiger partial charge in [0.1, 0.15) is 5.75 Å². The second kappa shape index (κ2) is 7.79. The Hall–Kier alpha value is -3.10. The molecule has 3 atom stereocenters. The lowest BCUT2D eigenvalue weighted by molar-refractivity contribution is -0.140. The van der Waals surface area contributed by atoms with Gasteiger partial charge in [-0.25, -0.2) is 4.98 Å². The van der Waals surface area contributed by atoms with Crippen molar-refractivity contribution in [2.24, 2.45) is 11.8 Å². The van der Waals surface area contributed by atoms with E-state index in [1.165, 1.54) is 42.7 Å². The molecule has 0 saturated heterocycles. The van der Waals surface area contributed by atoms with Gasteiger partial charge in [0.05, 0.1) is 17.7 Å². The number of phenols is 1. The van der Waals surface area contributed by atoms with Gasteiger partial charge in [-0.05, 0) is 55.4 Å². The number of halogens is 3. The summed E-state index contributed by atoms with van der Waals surface area (Å²) in [6.45, 7) is 0. The molecule has 2 aliphatic rings. The van der Waals surface area contributed by atoms with Crippen molar-refractivity contribution < 1.29 is 18.3 Å². The van der Waals surface area contributed by atoms with Crippen LogP contribution < -0.4 is 4.90 Å². The van der Waals surface area contributed by atoms with Gasteiger partial charge in [0.2, 0.25) is 0 Å². The molecule has 2 fully saturated rings. The number of hydrogen-bond acceptors (Lipinski definition) is 5. The van der Waals surface area contributed by atoms with E-state index in [0.717, 1.165) is 30.2 Å². The molecule has 32 heavy (non-hydrogen) atoms. The zero-order chi connectivity index (χ0) is 22.5. The van der Waals surface area contributed by atoms with Crippen molar-refractivity contribution in [2.75, 3.05) is 11.9 Å². The Labute approximate surface area is 183 Å². The second-order valence-corrected chi connectivity index (χ2v) is 8.92. The number of aromatic hydroxyl groups is 1. The van der Waals surface area contributed by atoms with Gasteiger partial charge in [0, 0.05) is 30.9 Å². The molecule has 2 saturated carbocycles. The van der Waals surface area contributed by atoms with Crippen LogP contribution in [0.3, 0.4) is 0 Å². The summed E-state index contributed by atoms with van der Waals surface area (Å²) < 4.78 is 39.6. The maximum Gasteiger partial charge on any atom is 0.434 e. The number of nitrogens with zero attached hydrogens (tertiary/aromatic N) is 5. The molecule has 0 amide bonds. The van der Waals surface area contributed by atoms with Crippen molar-refractivity contribution in [1.82, 2.24) is 19.7 Å². The Kier molecular flexibility index (Phi) is 5.06. The molecule has 1 aromatic carbocycles. The molecular formula is C23H24F3N5O. The molecule has 5 rings (SSSR count). The van der Waals surface area contributed by atoms with Gasteiger partial charge < -0.3 is 14.6 Å². The summed E-state index contributed by atoms with van der Waals surface area (Å²) in [6.07, 6.45) is 3.87. The van der Waals surface area contributed by atoms with Gasteiger partial charge in [-0.15, -0.1) is 10.2 Å². The smallest absolute Gasteiger partial charge is 0.434 e. The van der Waals surface area contributed by atoms with E-state index in [2.05, 4.69) is 27.1 Å². The van der Waals surface area contributed by atoms with Gasteiger partial charge >= 0.3 is 6.18 Å². The third-order valence-corrected chi connectivity index (χ3v) is 6.85. The van der Waals surface area contributed by atoms with Crippen LogP contribution in [-0.4, -0.2) is 37.9 Å². The summed E-state index contributed by atoms with van der Waals surface area (Å²) in [5, 5.41) is 19.2. The number of benzene rings is 1. The lowest BCUT2D eigenvalue weighted by Crippen LogP contribution is -2.37. The number of fused-ring (bicyclic) bond motifs is 2. The zero-order valence-electron chi connectivity index (χ0n) is 17.6. The Balaban J connectivity index is 1.33. The van der Waals surface area contributed by atoms with Crippen LogP contribution in [0.5, 0.6) is 5.75 Å². The van der Waals surface area contributed by atoms with Crippen LogP contribution in [0, 0.1) is 11.8 Å². The first-order valence-corrected chi connectivity index (χ1v) is 10.8. The van der Waals surface area contributed by atoms with E-state index in [1.54, 1.807) is 12.1 Å². The highest BCUT2D eigenvalue weighted by molar-refractivity contribution is 5.69. The third kappa shape index (κ3) is 3.91. The maximum absolute atomic E-state index is 12.8. The van der Waals surface area contributed by atoms with E-state index in [0.29, 0.717) is 23.0 Å². The topological polar surface area (TPSA) is 67.1 Å². The maximum atomic E-state index is 12.8. The first-order chi connectivity index (χ1) is 15.3. The molecule has 2 aromatic heterocycles. The minimum absolute atomic E-state index is 0.0935. The van der Waals surface area contributed by atoms with Crippen molar-refractivity contribution in [1.29, 1.82) is 0 Å². The quantitative estimate of drug-likeness (QED) is 0.610. The fourth-order valence-electron chi connectivity index (χ4n) is 5.14. The van der Waals surface area contributed by atoms with Crippen LogP contribution in [0.25, 0.3) is 16.9 Å². The van der Waals surface area contributed by atoms with E-state index in [1.807, 2.05) is 12.1 Å². The molecule has 2 heterocycles. The van der Waals surface area contributed by atoms with E-state index in [4.69, 9.17) is 0 Å². The van der Waals surface area contributed by atoms with Crippen LogP contribution in [0.15, 0.2) is 42.9 Å². The summed E-state index contributed by atoms with van der Waals surface area (Å²) in [5.41, 5.74) is 0.335. The highest BCUT2D eigenvalue weighted by Gasteiger charge is 2.36. The summed E-state index contributed by atoms with van der Waals surface area (Å²) in [5.74, 6) is 2.36. The summed E-state index contributed by atoms with van der Waals surface area (Å²) in [7, 11) is 2.06. The lowest BCUT2D eigenvalue weighted by Gasteiger charge is -2.35. The standard InChI is InChI=1S/C23H24F3N5O/c1-30(17-9-14-2-3-15(8-14)10-17)22-7-6-19(28-29-22)18-5-4-16(11-20(18)32)31-12-21(27-13-31)23(24,25)26/h4-7,11-15,17,32H,2-3,8-10H2,1H3/t14-,15+,17?. The predicted molar refractivity (Wildman–Crippen MR) is 114 cm³/mol.